The zero-order valence-electron chi connectivity index (χ0n) is 19.2. The Kier molecular flexibility index (Phi) is 6.93. The second-order valence-electron chi connectivity index (χ2n) is 9.19. The van der Waals surface area contributed by atoms with Crippen LogP contribution in [0.1, 0.15) is 45.7 Å². The summed E-state index contributed by atoms with van der Waals surface area (Å²) in [7, 11) is 1.78. The van der Waals surface area contributed by atoms with Crippen molar-refractivity contribution in [3.63, 3.8) is 0 Å². The average molecular weight is 441 g/mol. The van der Waals surface area contributed by atoms with Gasteiger partial charge in [-0.15, -0.1) is 0 Å². The highest BCUT2D eigenvalue weighted by Gasteiger charge is 2.25. The minimum Gasteiger partial charge on any atom is -0.494 e. The lowest BCUT2D eigenvalue weighted by molar-refractivity contribution is -0.119. The standard InChI is InChI=1S/C24H32N4O4/c1-16(2)11-20(23(30)25-21-9-10-27(5)26-21)28-15-19(13-22(28)29)32-18-8-6-7-17(12-18)14-24(3,4)31/h6-10,12-13,15-16,20,29,31H,11,14H2,1-5H3,(H,25,26,30)/t20-/m0/s1. The van der Waals surface area contributed by atoms with Gasteiger partial charge in [-0.25, -0.2) is 0 Å². The average Bonchev–Trinajstić information content (AvgIpc) is 3.23. The first-order valence-corrected chi connectivity index (χ1v) is 10.7. The van der Waals surface area contributed by atoms with E-state index in [9.17, 15) is 15.0 Å². The smallest absolute Gasteiger partial charge is 0.248 e. The van der Waals surface area contributed by atoms with Crippen molar-refractivity contribution in [2.24, 2.45) is 13.0 Å². The number of amides is 1. The number of aromatic hydroxyl groups is 1. The normalized spacial score (nSPS) is 12.7. The van der Waals surface area contributed by atoms with Crippen molar-refractivity contribution in [2.45, 2.75) is 52.2 Å². The SMILES string of the molecule is CC(C)C[C@@H](C(=O)Nc1ccn(C)n1)n1cc(Oc2cccc(CC(C)(C)O)c2)cc1O. The van der Waals surface area contributed by atoms with Gasteiger partial charge in [0.15, 0.2) is 11.7 Å². The molecule has 0 unspecified atom stereocenters. The second kappa shape index (κ2) is 9.48. The van der Waals surface area contributed by atoms with Crippen LogP contribution in [0, 0.1) is 5.92 Å². The Hall–Kier alpha value is -3.26. The molecule has 0 aliphatic rings. The van der Waals surface area contributed by atoms with Crippen LogP contribution in [0.25, 0.3) is 0 Å². The van der Waals surface area contributed by atoms with Gasteiger partial charge >= 0.3 is 0 Å². The summed E-state index contributed by atoms with van der Waals surface area (Å²) in [5.74, 6) is 1.36. The van der Waals surface area contributed by atoms with Gasteiger partial charge in [0.05, 0.1) is 11.8 Å². The lowest BCUT2D eigenvalue weighted by atomic mass is 9.99. The van der Waals surface area contributed by atoms with Crippen LogP contribution >= 0.6 is 0 Å². The molecule has 32 heavy (non-hydrogen) atoms. The number of nitrogens with zero attached hydrogens (tertiary/aromatic N) is 3. The number of carbonyl (C=O) groups is 1. The van der Waals surface area contributed by atoms with Gasteiger partial charge in [-0.05, 0) is 43.9 Å². The molecule has 2 aromatic heterocycles. The topological polar surface area (TPSA) is 102 Å². The third kappa shape index (κ3) is 6.37. The first kappa shape index (κ1) is 23.4. The van der Waals surface area contributed by atoms with E-state index in [-0.39, 0.29) is 17.7 Å². The second-order valence-corrected chi connectivity index (χ2v) is 9.19. The Morgan fingerprint density at radius 2 is 1.97 bits per heavy atom. The van der Waals surface area contributed by atoms with E-state index in [4.69, 9.17) is 4.74 Å². The molecule has 3 aromatic rings. The van der Waals surface area contributed by atoms with Crippen molar-refractivity contribution < 1.29 is 19.7 Å². The fourth-order valence-electron chi connectivity index (χ4n) is 3.59. The highest BCUT2D eigenvalue weighted by Crippen LogP contribution is 2.33. The van der Waals surface area contributed by atoms with Crippen LogP contribution in [-0.4, -0.2) is 36.1 Å². The van der Waals surface area contributed by atoms with Crippen molar-refractivity contribution in [2.75, 3.05) is 5.32 Å². The van der Waals surface area contributed by atoms with Gasteiger partial charge in [-0.3, -0.25) is 9.48 Å². The molecule has 0 aliphatic heterocycles. The molecule has 3 N–H and O–H groups in total. The summed E-state index contributed by atoms with van der Waals surface area (Å²) in [4.78, 5) is 13.0. The Bertz CT molecular complexity index is 1060. The van der Waals surface area contributed by atoms with Crippen LogP contribution in [0.4, 0.5) is 5.82 Å². The summed E-state index contributed by atoms with van der Waals surface area (Å²) in [6, 6.07) is 10.0. The molecule has 1 aromatic carbocycles. The van der Waals surface area contributed by atoms with Crippen LogP contribution in [0.2, 0.25) is 0 Å². The summed E-state index contributed by atoms with van der Waals surface area (Å²) in [6.45, 7) is 7.55. The number of rotatable bonds is 9. The van der Waals surface area contributed by atoms with E-state index < -0.39 is 11.6 Å². The minimum atomic E-state index is -0.828. The van der Waals surface area contributed by atoms with Gasteiger partial charge in [0.2, 0.25) is 5.91 Å². The van der Waals surface area contributed by atoms with Gasteiger partial charge in [0.1, 0.15) is 17.5 Å². The van der Waals surface area contributed by atoms with Crippen LogP contribution in [0.5, 0.6) is 17.4 Å². The Morgan fingerprint density at radius 1 is 1.22 bits per heavy atom. The van der Waals surface area contributed by atoms with Gasteiger partial charge in [0.25, 0.3) is 0 Å². The van der Waals surface area contributed by atoms with E-state index in [1.807, 2.05) is 38.1 Å². The quantitative estimate of drug-likeness (QED) is 0.462. The molecule has 2 heterocycles. The summed E-state index contributed by atoms with van der Waals surface area (Å²) < 4.78 is 9.07. The lowest BCUT2D eigenvalue weighted by Crippen LogP contribution is -2.27. The predicted octanol–water partition coefficient (Wildman–Crippen LogP) is 4.26. The number of hydrogen-bond acceptors (Lipinski definition) is 5. The zero-order valence-corrected chi connectivity index (χ0v) is 19.2. The summed E-state index contributed by atoms with van der Waals surface area (Å²) in [5, 5.41) is 27.6. The van der Waals surface area contributed by atoms with Crippen molar-refractivity contribution in [3.05, 3.63) is 54.4 Å². The Labute approximate surface area is 188 Å². The summed E-state index contributed by atoms with van der Waals surface area (Å²) in [5.41, 5.74) is 0.108. The van der Waals surface area contributed by atoms with Crippen molar-refractivity contribution >= 4 is 11.7 Å². The van der Waals surface area contributed by atoms with E-state index in [0.717, 1.165) is 5.56 Å². The monoisotopic (exact) mass is 440 g/mol. The number of aromatic nitrogens is 3. The summed E-state index contributed by atoms with van der Waals surface area (Å²) >= 11 is 0. The largest absolute Gasteiger partial charge is 0.494 e. The maximum atomic E-state index is 13.0. The van der Waals surface area contributed by atoms with Crippen molar-refractivity contribution in [3.8, 4) is 17.4 Å². The van der Waals surface area contributed by atoms with Crippen molar-refractivity contribution in [1.29, 1.82) is 0 Å². The van der Waals surface area contributed by atoms with Crippen LogP contribution < -0.4 is 10.1 Å². The predicted molar refractivity (Wildman–Crippen MR) is 123 cm³/mol. The number of carbonyl (C=O) groups excluding carboxylic acids is 1. The molecule has 0 saturated carbocycles. The van der Waals surface area contributed by atoms with Crippen LogP contribution in [-0.2, 0) is 18.3 Å². The van der Waals surface area contributed by atoms with Crippen LogP contribution in [0.15, 0.2) is 48.8 Å². The van der Waals surface area contributed by atoms with Gasteiger partial charge in [-0.1, -0.05) is 26.0 Å². The number of hydrogen-bond donors (Lipinski definition) is 3. The van der Waals surface area contributed by atoms with Gasteiger partial charge in [-0.2, -0.15) is 5.10 Å². The molecule has 8 nitrogen and oxygen atoms in total. The van der Waals surface area contributed by atoms with Gasteiger partial charge in [0, 0.05) is 31.8 Å². The van der Waals surface area contributed by atoms with Crippen LogP contribution in [0.3, 0.4) is 0 Å². The molecule has 1 atom stereocenters. The molecule has 0 spiro atoms. The molecule has 172 valence electrons. The fraction of sp³-hybridized carbons (Fsp3) is 0.417. The van der Waals surface area contributed by atoms with E-state index >= 15 is 0 Å². The van der Waals surface area contributed by atoms with Gasteiger partial charge < -0.3 is 24.8 Å². The minimum absolute atomic E-state index is 0.0607. The molecule has 0 fully saturated rings. The molecule has 1 amide bonds. The Balaban J connectivity index is 1.80. The summed E-state index contributed by atoms with van der Waals surface area (Å²) in [6.07, 6.45) is 4.39. The maximum absolute atomic E-state index is 13.0. The van der Waals surface area contributed by atoms with E-state index in [1.54, 1.807) is 44.0 Å². The third-order valence-corrected chi connectivity index (χ3v) is 4.87. The molecule has 3 rings (SSSR count). The molecule has 8 heteroatoms. The molecule has 0 radical (unpaired) electrons. The number of benzene rings is 1. The lowest BCUT2D eigenvalue weighted by Gasteiger charge is -2.20. The zero-order chi connectivity index (χ0) is 23.5. The molecule has 0 bridgehead atoms. The van der Waals surface area contributed by atoms with E-state index in [0.29, 0.717) is 30.2 Å². The molecular formula is C24H32N4O4. The fourth-order valence-corrected chi connectivity index (χ4v) is 3.59. The number of ether oxygens (including phenoxy) is 1. The molecule has 0 aliphatic carbocycles. The highest BCUT2D eigenvalue weighted by atomic mass is 16.5. The molecule has 0 saturated heterocycles. The third-order valence-electron chi connectivity index (χ3n) is 4.87. The van der Waals surface area contributed by atoms with E-state index in [1.165, 1.54) is 10.6 Å². The first-order chi connectivity index (χ1) is 15.0. The van der Waals surface area contributed by atoms with Crippen molar-refractivity contribution in [1.82, 2.24) is 14.3 Å². The highest BCUT2D eigenvalue weighted by molar-refractivity contribution is 5.93. The number of aryl methyl sites for hydroxylation is 1. The Morgan fingerprint density at radius 3 is 2.59 bits per heavy atom. The molecular weight excluding hydrogens is 408 g/mol. The maximum Gasteiger partial charge on any atom is 0.248 e. The number of nitrogens with one attached hydrogen (secondary N) is 1. The number of aliphatic hydroxyl groups is 1. The van der Waals surface area contributed by atoms with E-state index in [2.05, 4.69) is 10.4 Å². The number of anilines is 1. The first-order valence-electron chi connectivity index (χ1n) is 10.7.